The summed E-state index contributed by atoms with van der Waals surface area (Å²) in [7, 11) is 0. The van der Waals surface area contributed by atoms with Crippen LogP contribution in [0.4, 0.5) is 0 Å². The first-order valence-corrected chi connectivity index (χ1v) is 9.62. The molecule has 0 saturated heterocycles. The van der Waals surface area contributed by atoms with E-state index in [2.05, 4.69) is 16.0 Å². The van der Waals surface area contributed by atoms with Gasteiger partial charge in [0, 0.05) is 42.2 Å². The molecule has 0 bridgehead atoms. The van der Waals surface area contributed by atoms with E-state index in [-0.39, 0.29) is 6.54 Å². The fourth-order valence-corrected chi connectivity index (χ4v) is 3.34. The summed E-state index contributed by atoms with van der Waals surface area (Å²) in [5.41, 5.74) is 11.4. The van der Waals surface area contributed by atoms with E-state index in [0.29, 0.717) is 17.7 Å². The van der Waals surface area contributed by atoms with Gasteiger partial charge in [-0.25, -0.2) is 4.98 Å². The Balaban J connectivity index is 1.66. The molecule has 0 aliphatic carbocycles. The van der Waals surface area contributed by atoms with Crippen LogP contribution in [0.25, 0.3) is 22.5 Å². The Bertz CT molecular complexity index is 1180. The minimum Gasteiger partial charge on any atom is -0.387 e. The maximum Gasteiger partial charge on any atom is 0.0991 e. The van der Waals surface area contributed by atoms with Gasteiger partial charge in [0.15, 0.2) is 0 Å². The summed E-state index contributed by atoms with van der Waals surface area (Å²) in [5, 5.41) is 19.2. The van der Waals surface area contributed by atoms with Crippen molar-refractivity contribution < 1.29 is 5.11 Å². The van der Waals surface area contributed by atoms with E-state index in [9.17, 15) is 10.4 Å². The number of aliphatic hydroxyl groups is 1. The first-order chi connectivity index (χ1) is 14.7. The zero-order valence-electron chi connectivity index (χ0n) is 16.3. The van der Waals surface area contributed by atoms with Crippen LogP contribution in [0.15, 0.2) is 79.4 Å². The Morgan fingerprint density at radius 3 is 2.57 bits per heavy atom. The molecule has 4 rings (SSSR count). The Morgan fingerprint density at radius 1 is 1.03 bits per heavy atom. The van der Waals surface area contributed by atoms with Crippen LogP contribution in [-0.4, -0.2) is 26.2 Å². The number of nitrogens with two attached hydrogens (primary N) is 1. The minimum atomic E-state index is -0.727. The second-order valence-corrected chi connectivity index (χ2v) is 7.01. The van der Waals surface area contributed by atoms with Crippen LogP contribution in [0.2, 0.25) is 0 Å². The Kier molecular flexibility index (Phi) is 5.66. The average molecular weight is 395 g/mol. The van der Waals surface area contributed by atoms with E-state index >= 15 is 0 Å². The molecule has 0 aliphatic heterocycles. The number of rotatable bonds is 6. The number of pyridine rings is 1. The van der Waals surface area contributed by atoms with Crippen LogP contribution in [0, 0.1) is 11.3 Å². The smallest absolute Gasteiger partial charge is 0.0991 e. The fraction of sp³-hybridized carbons (Fsp3) is 0.125. The van der Waals surface area contributed by atoms with Gasteiger partial charge >= 0.3 is 0 Å². The first-order valence-electron chi connectivity index (χ1n) is 9.62. The average Bonchev–Trinajstić information content (AvgIpc) is 3.28. The van der Waals surface area contributed by atoms with Gasteiger partial charge in [-0.05, 0) is 23.8 Å². The number of nitrogens with zero attached hydrogens (tertiary/aromatic N) is 4. The highest BCUT2D eigenvalue weighted by molar-refractivity contribution is 5.65. The van der Waals surface area contributed by atoms with Crippen molar-refractivity contribution in [1.82, 2.24) is 14.5 Å². The normalized spacial score (nSPS) is 11.8. The van der Waals surface area contributed by atoms with Crippen LogP contribution < -0.4 is 5.73 Å². The maximum atomic E-state index is 9.89. The van der Waals surface area contributed by atoms with E-state index < -0.39 is 6.10 Å². The van der Waals surface area contributed by atoms with Gasteiger partial charge in [-0.2, -0.15) is 5.26 Å². The molecule has 0 amide bonds. The summed E-state index contributed by atoms with van der Waals surface area (Å²) >= 11 is 0. The summed E-state index contributed by atoms with van der Waals surface area (Å²) in [6.07, 6.45) is 4.69. The van der Waals surface area contributed by atoms with Gasteiger partial charge in [0.1, 0.15) is 0 Å². The Hall–Kier alpha value is -3.79. The van der Waals surface area contributed by atoms with Crippen molar-refractivity contribution in [3.8, 4) is 28.6 Å². The first kappa shape index (κ1) is 19.5. The summed E-state index contributed by atoms with van der Waals surface area (Å²) in [4.78, 5) is 9.02. The topological polar surface area (TPSA) is 101 Å². The Morgan fingerprint density at radius 2 is 1.87 bits per heavy atom. The predicted octanol–water partition coefficient (Wildman–Crippen LogP) is 3.52. The highest BCUT2D eigenvalue weighted by atomic mass is 16.3. The maximum absolute atomic E-state index is 9.89. The third-order valence-corrected chi connectivity index (χ3v) is 4.96. The molecule has 0 spiro atoms. The molecule has 30 heavy (non-hydrogen) atoms. The number of aliphatic hydroxyl groups excluding tert-OH is 1. The monoisotopic (exact) mass is 395 g/mol. The van der Waals surface area contributed by atoms with E-state index in [0.717, 1.165) is 28.1 Å². The predicted molar refractivity (Wildman–Crippen MR) is 115 cm³/mol. The lowest BCUT2D eigenvalue weighted by Crippen LogP contribution is -2.11. The van der Waals surface area contributed by atoms with Crippen molar-refractivity contribution in [2.24, 2.45) is 5.73 Å². The highest BCUT2D eigenvalue weighted by Gasteiger charge is 2.12. The molecule has 4 aromatic rings. The van der Waals surface area contributed by atoms with Crippen molar-refractivity contribution >= 4 is 0 Å². The molecule has 148 valence electrons. The van der Waals surface area contributed by atoms with Gasteiger partial charge in [-0.3, -0.25) is 4.98 Å². The van der Waals surface area contributed by atoms with Crippen molar-refractivity contribution in [3.63, 3.8) is 0 Å². The third kappa shape index (κ3) is 4.13. The molecule has 0 fully saturated rings. The molecule has 2 heterocycles. The summed E-state index contributed by atoms with van der Waals surface area (Å²) in [6.45, 7) is 0.701. The van der Waals surface area contributed by atoms with Crippen molar-refractivity contribution in [2.75, 3.05) is 6.54 Å². The molecular weight excluding hydrogens is 374 g/mol. The molecule has 0 unspecified atom stereocenters. The number of hydrogen-bond donors (Lipinski definition) is 2. The molecule has 6 nitrogen and oxygen atoms in total. The highest BCUT2D eigenvalue weighted by Crippen LogP contribution is 2.26. The van der Waals surface area contributed by atoms with Gasteiger partial charge in [-0.1, -0.05) is 42.5 Å². The third-order valence-electron chi connectivity index (χ3n) is 4.96. The Labute approximate surface area is 174 Å². The van der Waals surface area contributed by atoms with Crippen molar-refractivity contribution in [2.45, 2.75) is 12.6 Å². The summed E-state index contributed by atoms with van der Waals surface area (Å²) < 4.78 is 1.99. The molecular formula is C24H21N5O. The summed E-state index contributed by atoms with van der Waals surface area (Å²) in [6, 6.07) is 21.5. The minimum absolute atomic E-state index is 0.146. The van der Waals surface area contributed by atoms with Crippen LogP contribution in [0.5, 0.6) is 0 Å². The standard InChI is InChI=1S/C24H21N5O/c25-11-17-6-8-21(22-9-7-19(13-27-22)24(30)12-26)20(10-17)14-29-15-23(28-16-29)18-4-2-1-3-5-18/h1-10,13,15-16,24,30H,12,14,26H2/t24-/m0/s1. The lowest BCUT2D eigenvalue weighted by atomic mass is 10.00. The number of nitriles is 1. The van der Waals surface area contributed by atoms with Gasteiger partial charge in [0.25, 0.3) is 0 Å². The molecule has 0 aliphatic rings. The zero-order valence-corrected chi connectivity index (χ0v) is 16.3. The number of benzene rings is 2. The van der Waals surface area contributed by atoms with E-state index in [4.69, 9.17) is 5.73 Å². The van der Waals surface area contributed by atoms with Crippen LogP contribution in [-0.2, 0) is 6.54 Å². The second-order valence-electron chi connectivity index (χ2n) is 7.01. The van der Waals surface area contributed by atoms with Gasteiger partial charge in [-0.15, -0.1) is 0 Å². The lowest BCUT2D eigenvalue weighted by molar-refractivity contribution is 0.186. The van der Waals surface area contributed by atoms with Gasteiger partial charge in [0.2, 0.25) is 0 Å². The summed E-state index contributed by atoms with van der Waals surface area (Å²) in [5.74, 6) is 0. The SMILES string of the molecule is N#Cc1ccc(-c2ccc([C@@H](O)CN)cn2)c(Cn2cnc(-c3ccccc3)c2)c1. The molecule has 6 heteroatoms. The van der Waals surface area contributed by atoms with Gasteiger partial charge in [0.05, 0.1) is 35.5 Å². The molecule has 3 N–H and O–H groups in total. The number of imidazole rings is 1. The lowest BCUT2D eigenvalue weighted by Gasteiger charge is -2.12. The van der Waals surface area contributed by atoms with E-state index in [1.807, 2.05) is 65.4 Å². The quantitative estimate of drug-likeness (QED) is 0.520. The number of aromatic nitrogens is 3. The molecule has 2 aromatic carbocycles. The molecule has 0 radical (unpaired) electrons. The van der Waals surface area contributed by atoms with Crippen molar-refractivity contribution in [1.29, 1.82) is 5.26 Å². The largest absolute Gasteiger partial charge is 0.387 e. The van der Waals surface area contributed by atoms with Crippen LogP contribution in [0.1, 0.15) is 22.8 Å². The zero-order chi connectivity index (χ0) is 20.9. The van der Waals surface area contributed by atoms with E-state index in [1.54, 1.807) is 18.6 Å². The second kappa shape index (κ2) is 8.70. The number of hydrogen-bond acceptors (Lipinski definition) is 5. The van der Waals surface area contributed by atoms with Crippen LogP contribution >= 0.6 is 0 Å². The van der Waals surface area contributed by atoms with Crippen molar-refractivity contribution in [3.05, 3.63) is 96.1 Å². The molecule has 1 atom stereocenters. The molecule has 2 aromatic heterocycles. The fourth-order valence-electron chi connectivity index (χ4n) is 3.34. The molecule has 0 saturated carbocycles. The van der Waals surface area contributed by atoms with Crippen LogP contribution in [0.3, 0.4) is 0 Å². The van der Waals surface area contributed by atoms with E-state index in [1.165, 1.54) is 0 Å². The van der Waals surface area contributed by atoms with Gasteiger partial charge < -0.3 is 15.4 Å².